The second-order valence-corrected chi connectivity index (χ2v) is 8.15. The van der Waals surface area contributed by atoms with Crippen molar-refractivity contribution in [2.75, 3.05) is 10.6 Å². The Morgan fingerprint density at radius 3 is 2.19 bits per heavy atom. The molecular formula is C25H28N4O3. The van der Waals surface area contributed by atoms with Crippen LogP contribution in [0.25, 0.3) is 11.3 Å². The van der Waals surface area contributed by atoms with Gasteiger partial charge in [0.2, 0.25) is 11.8 Å². The van der Waals surface area contributed by atoms with E-state index >= 15 is 0 Å². The maximum absolute atomic E-state index is 13.0. The van der Waals surface area contributed by atoms with Crippen LogP contribution in [0.5, 0.6) is 0 Å². The maximum atomic E-state index is 13.0. The molecule has 0 fully saturated rings. The number of nitrogens with one attached hydrogen (secondary N) is 2. The van der Waals surface area contributed by atoms with Crippen molar-refractivity contribution in [1.82, 2.24) is 9.78 Å². The van der Waals surface area contributed by atoms with Gasteiger partial charge in [0.15, 0.2) is 0 Å². The van der Waals surface area contributed by atoms with Crippen molar-refractivity contribution in [2.45, 2.75) is 47.6 Å². The van der Waals surface area contributed by atoms with Crippen LogP contribution in [0, 0.1) is 27.7 Å². The Hall–Kier alpha value is -3.74. The highest BCUT2D eigenvalue weighted by Gasteiger charge is 2.20. The fourth-order valence-corrected chi connectivity index (χ4v) is 3.68. The van der Waals surface area contributed by atoms with Gasteiger partial charge in [0.1, 0.15) is 6.04 Å². The van der Waals surface area contributed by atoms with Crippen molar-refractivity contribution < 1.29 is 9.59 Å². The van der Waals surface area contributed by atoms with Gasteiger partial charge in [0.25, 0.3) is 5.56 Å². The molecule has 0 spiro atoms. The van der Waals surface area contributed by atoms with E-state index in [1.807, 2.05) is 52.0 Å². The summed E-state index contributed by atoms with van der Waals surface area (Å²) in [5, 5.41) is 10.2. The molecule has 2 aromatic carbocycles. The number of amides is 2. The first-order chi connectivity index (χ1) is 15.1. The molecule has 3 rings (SSSR count). The first-order valence-corrected chi connectivity index (χ1v) is 10.4. The highest BCUT2D eigenvalue weighted by Crippen LogP contribution is 2.25. The van der Waals surface area contributed by atoms with Crippen LogP contribution in [-0.4, -0.2) is 21.6 Å². The predicted molar refractivity (Wildman–Crippen MR) is 127 cm³/mol. The zero-order chi connectivity index (χ0) is 23.6. The molecule has 1 aromatic heterocycles. The largest absolute Gasteiger partial charge is 0.326 e. The summed E-state index contributed by atoms with van der Waals surface area (Å²) in [5.41, 5.74) is 6.25. The normalized spacial score (nSPS) is 11.7. The third-order valence-electron chi connectivity index (χ3n) is 5.34. The summed E-state index contributed by atoms with van der Waals surface area (Å²) in [6.07, 6.45) is 0. The molecule has 3 aromatic rings. The molecule has 0 saturated heterocycles. The lowest BCUT2D eigenvalue weighted by Gasteiger charge is -2.18. The van der Waals surface area contributed by atoms with E-state index < -0.39 is 6.04 Å². The zero-order valence-corrected chi connectivity index (χ0v) is 19.2. The Labute approximate surface area is 187 Å². The molecule has 0 bridgehead atoms. The minimum Gasteiger partial charge on any atom is -0.326 e. The van der Waals surface area contributed by atoms with Crippen molar-refractivity contribution in [1.29, 1.82) is 0 Å². The molecular weight excluding hydrogens is 404 g/mol. The fraction of sp³-hybridized carbons (Fsp3) is 0.280. The van der Waals surface area contributed by atoms with Gasteiger partial charge in [-0.25, -0.2) is 4.68 Å². The van der Waals surface area contributed by atoms with Crippen molar-refractivity contribution in [3.63, 3.8) is 0 Å². The average Bonchev–Trinajstić information content (AvgIpc) is 2.71. The molecule has 0 radical (unpaired) electrons. The molecule has 1 heterocycles. The first-order valence-electron chi connectivity index (χ1n) is 10.4. The number of benzene rings is 2. The van der Waals surface area contributed by atoms with Crippen molar-refractivity contribution >= 4 is 23.2 Å². The van der Waals surface area contributed by atoms with Gasteiger partial charge in [-0.05, 0) is 63.4 Å². The average molecular weight is 433 g/mol. The summed E-state index contributed by atoms with van der Waals surface area (Å²) in [7, 11) is 0. The lowest BCUT2D eigenvalue weighted by atomic mass is 10.0. The second kappa shape index (κ2) is 9.18. The van der Waals surface area contributed by atoms with E-state index in [1.54, 1.807) is 19.1 Å². The molecule has 1 atom stereocenters. The molecule has 0 aliphatic heterocycles. The third kappa shape index (κ3) is 4.94. The number of hydrogen-bond donors (Lipinski definition) is 2. The molecule has 7 heteroatoms. The van der Waals surface area contributed by atoms with E-state index in [9.17, 15) is 14.4 Å². The molecule has 7 nitrogen and oxygen atoms in total. The molecule has 0 aliphatic carbocycles. The predicted octanol–water partition coefficient (Wildman–Crippen LogP) is 4.30. The quantitative estimate of drug-likeness (QED) is 0.629. The topological polar surface area (TPSA) is 93.1 Å². The first kappa shape index (κ1) is 22.9. The van der Waals surface area contributed by atoms with Crippen molar-refractivity contribution in [3.05, 3.63) is 75.1 Å². The maximum Gasteiger partial charge on any atom is 0.267 e. The number of rotatable bonds is 5. The number of hydrogen-bond acceptors (Lipinski definition) is 4. The summed E-state index contributed by atoms with van der Waals surface area (Å²) in [4.78, 5) is 36.9. The Morgan fingerprint density at radius 1 is 0.906 bits per heavy atom. The van der Waals surface area contributed by atoms with Crippen LogP contribution in [0.2, 0.25) is 0 Å². The monoisotopic (exact) mass is 432 g/mol. The minimum absolute atomic E-state index is 0.171. The van der Waals surface area contributed by atoms with Crippen LogP contribution < -0.4 is 16.2 Å². The molecule has 0 saturated carbocycles. The van der Waals surface area contributed by atoms with E-state index in [0.29, 0.717) is 11.4 Å². The highest BCUT2D eigenvalue weighted by molar-refractivity contribution is 5.95. The smallest absolute Gasteiger partial charge is 0.267 e. The SMILES string of the molecule is CC(=O)Nc1cc(-c2ccc(=O)n([C@H](C)C(=O)Nc3c(C)cc(C)cc3C)n2)ccc1C. The summed E-state index contributed by atoms with van der Waals surface area (Å²) in [6.45, 7) is 10.9. The van der Waals surface area contributed by atoms with Crippen LogP contribution in [0.3, 0.4) is 0 Å². The molecule has 32 heavy (non-hydrogen) atoms. The number of anilines is 2. The molecule has 0 aliphatic rings. The van der Waals surface area contributed by atoms with Crippen LogP contribution in [0.15, 0.2) is 47.3 Å². The van der Waals surface area contributed by atoms with Gasteiger partial charge in [0, 0.05) is 29.9 Å². The summed E-state index contributed by atoms with van der Waals surface area (Å²) < 4.78 is 1.18. The van der Waals surface area contributed by atoms with Gasteiger partial charge >= 0.3 is 0 Å². The van der Waals surface area contributed by atoms with E-state index in [1.165, 1.54) is 17.7 Å². The number of carbonyl (C=O) groups is 2. The summed E-state index contributed by atoms with van der Waals surface area (Å²) >= 11 is 0. The van der Waals surface area contributed by atoms with E-state index in [-0.39, 0.29) is 17.4 Å². The van der Waals surface area contributed by atoms with Crippen LogP contribution >= 0.6 is 0 Å². The fourth-order valence-electron chi connectivity index (χ4n) is 3.68. The lowest BCUT2D eigenvalue weighted by Crippen LogP contribution is -2.33. The van der Waals surface area contributed by atoms with E-state index in [4.69, 9.17) is 0 Å². The minimum atomic E-state index is -0.817. The second-order valence-electron chi connectivity index (χ2n) is 8.15. The van der Waals surface area contributed by atoms with Gasteiger partial charge < -0.3 is 10.6 Å². The summed E-state index contributed by atoms with van der Waals surface area (Å²) in [6, 6.07) is 11.7. The number of nitrogens with zero attached hydrogens (tertiary/aromatic N) is 2. The van der Waals surface area contributed by atoms with Gasteiger partial charge in [0.05, 0.1) is 5.69 Å². The van der Waals surface area contributed by atoms with E-state index in [0.717, 1.165) is 33.5 Å². The van der Waals surface area contributed by atoms with E-state index in [2.05, 4.69) is 15.7 Å². The third-order valence-corrected chi connectivity index (χ3v) is 5.34. The standard InChI is InChI=1S/C25H28N4O3/c1-14-11-16(3)24(17(4)12-14)27-25(32)18(5)29-23(31)10-9-21(28-29)20-8-7-15(2)22(13-20)26-19(6)30/h7-13,18H,1-6H3,(H,26,30)(H,27,32)/t18-/m1/s1. The van der Waals surface area contributed by atoms with Crippen LogP contribution in [-0.2, 0) is 9.59 Å². The molecule has 0 unspecified atom stereocenters. The van der Waals surface area contributed by atoms with Crippen LogP contribution in [0.1, 0.15) is 42.1 Å². The Morgan fingerprint density at radius 2 is 1.56 bits per heavy atom. The Kier molecular flexibility index (Phi) is 6.58. The van der Waals surface area contributed by atoms with Crippen molar-refractivity contribution in [2.24, 2.45) is 0 Å². The van der Waals surface area contributed by atoms with Gasteiger partial charge in [-0.1, -0.05) is 29.8 Å². The summed E-state index contributed by atoms with van der Waals surface area (Å²) in [5.74, 6) is -0.496. The lowest BCUT2D eigenvalue weighted by molar-refractivity contribution is -0.119. The molecule has 166 valence electrons. The van der Waals surface area contributed by atoms with Gasteiger partial charge in [-0.15, -0.1) is 0 Å². The van der Waals surface area contributed by atoms with Crippen LogP contribution in [0.4, 0.5) is 11.4 Å². The Bertz CT molecular complexity index is 1240. The number of carbonyl (C=O) groups excluding carboxylic acids is 2. The highest BCUT2D eigenvalue weighted by atomic mass is 16.2. The molecule has 2 amide bonds. The molecule has 2 N–H and O–H groups in total. The van der Waals surface area contributed by atoms with Gasteiger partial charge in [-0.3, -0.25) is 14.4 Å². The Balaban J connectivity index is 1.93. The number of aromatic nitrogens is 2. The van der Waals surface area contributed by atoms with Crippen molar-refractivity contribution in [3.8, 4) is 11.3 Å². The van der Waals surface area contributed by atoms with Gasteiger partial charge in [-0.2, -0.15) is 5.10 Å². The zero-order valence-electron chi connectivity index (χ0n) is 19.2. The number of aryl methyl sites for hydroxylation is 4.